The molecule has 10 rings (SSSR count). The van der Waals surface area contributed by atoms with E-state index in [1.54, 1.807) is 0 Å². The van der Waals surface area contributed by atoms with Gasteiger partial charge in [-0.3, -0.25) is 0 Å². The lowest BCUT2D eigenvalue weighted by atomic mass is 10.0. The molecule has 4 nitrogen and oxygen atoms in total. The Morgan fingerprint density at radius 1 is 0.431 bits per heavy atom. The Balaban J connectivity index is 1.23. The van der Waals surface area contributed by atoms with Crippen LogP contribution in [0, 0.1) is 0 Å². The minimum atomic E-state index is 0.620. The molecule has 0 amide bonds. The summed E-state index contributed by atoms with van der Waals surface area (Å²) >= 11 is 0. The lowest BCUT2D eigenvalue weighted by Crippen LogP contribution is -2.11. The van der Waals surface area contributed by atoms with Gasteiger partial charge in [0.05, 0.1) is 16.7 Å². The summed E-state index contributed by atoms with van der Waals surface area (Å²) in [6, 6.07) is 66.3. The van der Waals surface area contributed by atoms with Gasteiger partial charge in [0, 0.05) is 44.2 Å². The van der Waals surface area contributed by atoms with Crippen molar-refractivity contribution in [2.24, 2.45) is 0 Å². The second-order valence-electron chi connectivity index (χ2n) is 12.8. The average molecular weight is 654 g/mol. The van der Waals surface area contributed by atoms with Crippen LogP contribution in [0.5, 0.6) is 0 Å². The second-order valence-corrected chi connectivity index (χ2v) is 12.8. The number of rotatable bonds is 6. The van der Waals surface area contributed by atoms with Gasteiger partial charge in [0.1, 0.15) is 5.52 Å². The largest absolute Gasteiger partial charge is 0.435 e. The average Bonchev–Trinajstić information content (AvgIpc) is 3.79. The lowest BCUT2D eigenvalue weighted by molar-refractivity contribution is 0.623. The van der Waals surface area contributed by atoms with Crippen molar-refractivity contribution in [2.75, 3.05) is 4.90 Å². The molecule has 0 atom stereocenters. The van der Waals surface area contributed by atoms with Crippen LogP contribution in [-0.4, -0.2) is 9.55 Å². The van der Waals surface area contributed by atoms with Gasteiger partial charge in [-0.2, -0.15) is 0 Å². The van der Waals surface area contributed by atoms with Gasteiger partial charge in [0.25, 0.3) is 0 Å². The molecule has 8 aromatic carbocycles. The van der Waals surface area contributed by atoms with E-state index in [4.69, 9.17) is 9.40 Å². The Morgan fingerprint density at radius 2 is 1.06 bits per heavy atom. The summed E-state index contributed by atoms with van der Waals surface area (Å²) in [6.45, 7) is 0. The summed E-state index contributed by atoms with van der Waals surface area (Å²) < 4.78 is 8.89. The molecule has 10 aromatic rings. The first-order valence-corrected chi connectivity index (χ1v) is 17.2. The highest BCUT2D eigenvalue weighted by atomic mass is 16.3. The van der Waals surface area contributed by atoms with Gasteiger partial charge >= 0.3 is 0 Å². The smallest absolute Gasteiger partial charge is 0.227 e. The molecule has 0 fully saturated rings. The molecule has 0 aliphatic rings. The topological polar surface area (TPSA) is 34.2 Å². The van der Waals surface area contributed by atoms with Crippen molar-refractivity contribution in [1.82, 2.24) is 9.55 Å². The molecule has 0 radical (unpaired) electrons. The van der Waals surface area contributed by atoms with Crippen LogP contribution in [0.25, 0.3) is 71.9 Å². The summed E-state index contributed by atoms with van der Waals surface area (Å²) in [7, 11) is 0. The third-order valence-electron chi connectivity index (χ3n) is 9.79. The van der Waals surface area contributed by atoms with Gasteiger partial charge in [-0.1, -0.05) is 115 Å². The van der Waals surface area contributed by atoms with Crippen LogP contribution in [0.2, 0.25) is 0 Å². The van der Waals surface area contributed by atoms with E-state index >= 15 is 0 Å². The standard InChI is InChI=1S/C47H31N3O/c1-4-14-32(15-5-1)34-18-12-21-36(30-34)49(37-26-27-39-38-22-10-11-24-44(38)50(45(39)31-37)35-19-8-3-9-20-35)43-25-13-23-41-40(43)28-29-42-46(41)51-47(48-42)33-16-6-2-7-17-33/h1-31H. The first-order valence-electron chi connectivity index (χ1n) is 17.2. The van der Waals surface area contributed by atoms with Crippen LogP contribution in [0.15, 0.2) is 192 Å². The first kappa shape index (κ1) is 29.0. The SMILES string of the molecule is c1ccc(-c2cccc(N(c3ccc4c5ccccc5n(-c5ccccc5)c4c3)c3cccc4c3ccc3nc(-c5ccccc5)oc34)c2)cc1. The minimum Gasteiger partial charge on any atom is -0.435 e. The van der Waals surface area contributed by atoms with Gasteiger partial charge in [0.15, 0.2) is 5.58 Å². The third kappa shape index (κ3) is 4.88. The van der Waals surface area contributed by atoms with Gasteiger partial charge in [-0.25, -0.2) is 4.98 Å². The Hall–Kier alpha value is -6.91. The number of nitrogens with zero attached hydrogens (tertiary/aromatic N) is 3. The maximum Gasteiger partial charge on any atom is 0.227 e. The maximum absolute atomic E-state index is 6.51. The molecule has 51 heavy (non-hydrogen) atoms. The zero-order valence-corrected chi connectivity index (χ0v) is 27.6. The van der Waals surface area contributed by atoms with Crippen molar-refractivity contribution >= 4 is 60.7 Å². The Labute approximate surface area is 295 Å². The quantitative estimate of drug-likeness (QED) is 0.179. The predicted molar refractivity (Wildman–Crippen MR) is 211 cm³/mol. The summed E-state index contributed by atoms with van der Waals surface area (Å²) in [5.41, 5.74) is 11.5. The number of para-hydroxylation sites is 2. The number of hydrogen-bond donors (Lipinski definition) is 0. The molecule has 2 aromatic heterocycles. The summed E-state index contributed by atoms with van der Waals surface area (Å²) in [6.07, 6.45) is 0. The molecule has 0 N–H and O–H groups in total. The Kier molecular flexibility index (Phi) is 6.78. The van der Waals surface area contributed by atoms with Crippen molar-refractivity contribution in [3.8, 4) is 28.3 Å². The van der Waals surface area contributed by atoms with E-state index in [0.717, 1.165) is 61.3 Å². The van der Waals surface area contributed by atoms with E-state index in [1.807, 2.05) is 30.3 Å². The Bertz CT molecular complexity index is 2850. The molecular formula is C47H31N3O. The molecule has 0 bridgehead atoms. The summed E-state index contributed by atoms with van der Waals surface area (Å²) in [4.78, 5) is 7.26. The number of anilines is 3. The van der Waals surface area contributed by atoms with E-state index < -0.39 is 0 Å². The highest BCUT2D eigenvalue weighted by Gasteiger charge is 2.21. The summed E-state index contributed by atoms with van der Waals surface area (Å²) in [5, 5.41) is 4.54. The van der Waals surface area contributed by atoms with Crippen molar-refractivity contribution < 1.29 is 4.42 Å². The zero-order chi connectivity index (χ0) is 33.7. The van der Waals surface area contributed by atoms with E-state index in [1.165, 1.54) is 21.9 Å². The molecule has 0 spiro atoms. The van der Waals surface area contributed by atoms with Crippen LogP contribution in [-0.2, 0) is 0 Å². The number of oxazole rings is 1. The van der Waals surface area contributed by atoms with Crippen LogP contribution >= 0.6 is 0 Å². The molecule has 0 saturated carbocycles. The molecular weight excluding hydrogens is 623 g/mol. The normalized spacial score (nSPS) is 11.5. The fraction of sp³-hybridized carbons (Fsp3) is 0. The summed E-state index contributed by atoms with van der Waals surface area (Å²) in [5.74, 6) is 0.620. The minimum absolute atomic E-state index is 0.620. The number of hydrogen-bond acceptors (Lipinski definition) is 3. The zero-order valence-electron chi connectivity index (χ0n) is 27.6. The van der Waals surface area contributed by atoms with Gasteiger partial charge in [-0.15, -0.1) is 0 Å². The van der Waals surface area contributed by atoms with Crippen LogP contribution in [0.1, 0.15) is 0 Å². The van der Waals surface area contributed by atoms with E-state index in [0.29, 0.717) is 5.89 Å². The molecule has 0 aliphatic carbocycles. The second kappa shape index (κ2) is 11.9. The molecule has 0 aliphatic heterocycles. The van der Waals surface area contributed by atoms with Crippen LogP contribution in [0.3, 0.4) is 0 Å². The van der Waals surface area contributed by atoms with Crippen molar-refractivity contribution in [1.29, 1.82) is 0 Å². The third-order valence-corrected chi connectivity index (χ3v) is 9.79. The fourth-order valence-corrected chi connectivity index (χ4v) is 7.46. The van der Waals surface area contributed by atoms with E-state index in [9.17, 15) is 0 Å². The van der Waals surface area contributed by atoms with E-state index in [2.05, 4.69) is 167 Å². The van der Waals surface area contributed by atoms with Crippen LogP contribution < -0.4 is 4.90 Å². The Morgan fingerprint density at radius 3 is 1.88 bits per heavy atom. The highest BCUT2D eigenvalue weighted by molar-refractivity contribution is 6.12. The van der Waals surface area contributed by atoms with Gasteiger partial charge in [0.2, 0.25) is 5.89 Å². The fourth-order valence-electron chi connectivity index (χ4n) is 7.46. The number of benzene rings is 8. The maximum atomic E-state index is 6.51. The van der Waals surface area contributed by atoms with Crippen LogP contribution in [0.4, 0.5) is 17.1 Å². The first-order chi connectivity index (χ1) is 25.3. The van der Waals surface area contributed by atoms with Crippen molar-refractivity contribution in [3.05, 3.63) is 188 Å². The molecule has 0 saturated heterocycles. The molecule has 2 heterocycles. The molecule has 240 valence electrons. The van der Waals surface area contributed by atoms with Crippen molar-refractivity contribution in [3.63, 3.8) is 0 Å². The molecule has 4 heteroatoms. The molecule has 0 unspecified atom stereocenters. The number of fused-ring (bicyclic) bond motifs is 6. The van der Waals surface area contributed by atoms with Gasteiger partial charge < -0.3 is 13.9 Å². The number of aromatic nitrogens is 2. The monoisotopic (exact) mass is 653 g/mol. The van der Waals surface area contributed by atoms with Gasteiger partial charge in [-0.05, 0) is 83.9 Å². The highest BCUT2D eigenvalue weighted by Crippen LogP contribution is 2.44. The predicted octanol–water partition coefficient (Wildman–Crippen LogP) is 12.9. The van der Waals surface area contributed by atoms with Crippen molar-refractivity contribution in [2.45, 2.75) is 0 Å². The van der Waals surface area contributed by atoms with E-state index in [-0.39, 0.29) is 0 Å². The lowest BCUT2D eigenvalue weighted by Gasteiger charge is -2.27.